The Balaban J connectivity index is 2.05. The summed E-state index contributed by atoms with van der Waals surface area (Å²) in [4.78, 5) is 0. The SMILES string of the molecule is CCCC1CCC(c2cc(F)c(Cl)c(F)c2)CC1. The first-order valence-electron chi connectivity index (χ1n) is 6.76. The molecule has 3 heteroatoms. The Kier molecular flexibility index (Phi) is 4.60. The molecule has 0 bridgehead atoms. The van der Waals surface area contributed by atoms with Crippen molar-refractivity contribution in [1.29, 1.82) is 0 Å². The lowest BCUT2D eigenvalue weighted by molar-refractivity contribution is 0.307. The average molecular weight is 273 g/mol. The van der Waals surface area contributed by atoms with Gasteiger partial charge in [-0.05, 0) is 55.2 Å². The summed E-state index contributed by atoms with van der Waals surface area (Å²) in [5, 5.41) is -0.390. The molecule has 0 spiro atoms. The van der Waals surface area contributed by atoms with Gasteiger partial charge in [-0.2, -0.15) is 0 Å². The number of rotatable bonds is 3. The van der Waals surface area contributed by atoms with Crippen LogP contribution < -0.4 is 0 Å². The van der Waals surface area contributed by atoms with Crippen LogP contribution in [-0.4, -0.2) is 0 Å². The van der Waals surface area contributed by atoms with Gasteiger partial charge >= 0.3 is 0 Å². The van der Waals surface area contributed by atoms with Crippen LogP contribution in [0.5, 0.6) is 0 Å². The molecule has 1 aromatic carbocycles. The molecule has 1 aromatic rings. The number of halogens is 3. The molecule has 0 amide bonds. The minimum absolute atomic E-state index is 0.291. The lowest BCUT2D eigenvalue weighted by atomic mass is 9.77. The topological polar surface area (TPSA) is 0 Å². The molecule has 0 unspecified atom stereocenters. The molecule has 0 radical (unpaired) electrons. The first-order valence-corrected chi connectivity index (χ1v) is 7.14. The highest BCUT2D eigenvalue weighted by Gasteiger charge is 2.23. The molecule has 1 saturated carbocycles. The van der Waals surface area contributed by atoms with E-state index in [2.05, 4.69) is 6.92 Å². The summed E-state index contributed by atoms with van der Waals surface area (Å²) in [6, 6.07) is 2.80. The maximum atomic E-state index is 13.4. The van der Waals surface area contributed by atoms with Crippen molar-refractivity contribution in [1.82, 2.24) is 0 Å². The van der Waals surface area contributed by atoms with E-state index in [0.717, 1.165) is 24.3 Å². The molecule has 100 valence electrons. The van der Waals surface area contributed by atoms with Crippen LogP contribution in [0, 0.1) is 17.6 Å². The fourth-order valence-corrected chi connectivity index (χ4v) is 3.11. The summed E-state index contributed by atoms with van der Waals surface area (Å²) in [6.45, 7) is 2.20. The second-order valence-electron chi connectivity index (χ2n) is 5.30. The Hall–Kier alpha value is -0.630. The van der Waals surface area contributed by atoms with Crippen molar-refractivity contribution in [3.05, 3.63) is 34.4 Å². The average Bonchev–Trinajstić information content (AvgIpc) is 2.37. The van der Waals surface area contributed by atoms with Gasteiger partial charge in [-0.15, -0.1) is 0 Å². The van der Waals surface area contributed by atoms with Gasteiger partial charge in [0.1, 0.15) is 16.7 Å². The van der Waals surface area contributed by atoms with Crippen molar-refractivity contribution in [2.24, 2.45) is 5.92 Å². The van der Waals surface area contributed by atoms with Crippen molar-refractivity contribution in [2.75, 3.05) is 0 Å². The molecular formula is C15H19ClF2. The molecule has 0 N–H and O–H groups in total. The predicted octanol–water partition coefficient (Wildman–Crippen LogP) is 5.69. The van der Waals surface area contributed by atoms with Gasteiger partial charge in [-0.25, -0.2) is 8.78 Å². The lowest BCUT2D eigenvalue weighted by Gasteiger charge is -2.28. The maximum absolute atomic E-state index is 13.4. The van der Waals surface area contributed by atoms with Gasteiger partial charge in [-0.3, -0.25) is 0 Å². The summed E-state index contributed by atoms with van der Waals surface area (Å²) in [6.07, 6.45) is 6.90. The summed E-state index contributed by atoms with van der Waals surface area (Å²) in [5.41, 5.74) is 0.768. The highest BCUT2D eigenvalue weighted by molar-refractivity contribution is 6.30. The molecule has 0 nitrogen and oxygen atoms in total. The van der Waals surface area contributed by atoms with Crippen molar-refractivity contribution < 1.29 is 8.78 Å². The van der Waals surface area contributed by atoms with Gasteiger partial charge < -0.3 is 0 Å². The second-order valence-corrected chi connectivity index (χ2v) is 5.68. The first-order chi connectivity index (χ1) is 8.61. The Bertz CT molecular complexity index is 386. The van der Waals surface area contributed by atoms with Gasteiger partial charge in [0.15, 0.2) is 0 Å². The van der Waals surface area contributed by atoms with Gasteiger partial charge in [0.25, 0.3) is 0 Å². The fourth-order valence-electron chi connectivity index (χ4n) is 3.00. The summed E-state index contributed by atoms with van der Waals surface area (Å²) in [7, 11) is 0. The Morgan fingerprint density at radius 3 is 2.17 bits per heavy atom. The summed E-state index contributed by atoms with van der Waals surface area (Å²) >= 11 is 5.50. The predicted molar refractivity (Wildman–Crippen MR) is 71.0 cm³/mol. The summed E-state index contributed by atoms with van der Waals surface area (Å²) < 4.78 is 26.8. The maximum Gasteiger partial charge on any atom is 0.145 e. The van der Waals surface area contributed by atoms with Crippen molar-refractivity contribution in [3.8, 4) is 0 Å². The Morgan fingerprint density at radius 2 is 1.67 bits per heavy atom. The van der Waals surface area contributed by atoms with Crippen LogP contribution in [-0.2, 0) is 0 Å². The Labute approximate surface area is 112 Å². The smallest absolute Gasteiger partial charge is 0.145 e. The standard InChI is InChI=1S/C15H19ClF2/c1-2-3-10-4-6-11(7-5-10)12-8-13(17)15(16)14(18)9-12/h8-11H,2-7H2,1H3. The lowest BCUT2D eigenvalue weighted by Crippen LogP contribution is -2.13. The van der Waals surface area contributed by atoms with Gasteiger partial charge in [0, 0.05) is 0 Å². The molecule has 0 heterocycles. The van der Waals surface area contributed by atoms with E-state index in [1.165, 1.54) is 37.8 Å². The highest BCUT2D eigenvalue weighted by Crippen LogP contribution is 2.38. The molecular weight excluding hydrogens is 254 g/mol. The molecule has 18 heavy (non-hydrogen) atoms. The third-order valence-corrected chi connectivity index (χ3v) is 4.38. The molecule has 2 rings (SSSR count). The van der Waals surface area contributed by atoms with Gasteiger partial charge in [-0.1, -0.05) is 31.4 Å². The third kappa shape index (κ3) is 3.03. The molecule has 1 aliphatic rings. The second kappa shape index (κ2) is 6.01. The van der Waals surface area contributed by atoms with Crippen molar-refractivity contribution >= 4 is 11.6 Å². The monoisotopic (exact) mass is 272 g/mol. The molecule has 0 aromatic heterocycles. The zero-order chi connectivity index (χ0) is 13.1. The van der Waals surface area contributed by atoms with E-state index in [9.17, 15) is 8.78 Å². The van der Waals surface area contributed by atoms with Gasteiger partial charge in [0.05, 0.1) is 0 Å². The minimum atomic E-state index is -0.637. The van der Waals surface area contributed by atoms with Crippen molar-refractivity contribution in [3.63, 3.8) is 0 Å². The molecule has 0 atom stereocenters. The van der Waals surface area contributed by atoms with Gasteiger partial charge in [0.2, 0.25) is 0 Å². The minimum Gasteiger partial charge on any atom is -0.205 e. The quantitative estimate of drug-likeness (QED) is 0.620. The van der Waals surface area contributed by atoms with E-state index in [-0.39, 0.29) is 0 Å². The highest BCUT2D eigenvalue weighted by atomic mass is 35.5. The molecule has 0 saturated heterocycles. The number of benzene rings is 1. The number of hydrogen-bond acceptors (Lipinski definition) is 0. The zero-order valence-electron chi connectivity index (χ0n) is 10.7. The third-order valence-electron chi connectivity index (χ3n) is 4.02. The van der Waals surface area contributed by atoms with Crippen LogP contribution >= 0.6 is 11.6 Å². The molecule has 1 fully saturated rings. The Morgan fingerprint density at radius 1 is 1.11 bits per heavy atom. The first kappa shape index (κ1) is 13.8. The van der Waals surface area contributed by atoms with Crippen LogP contribution in [0.15, 0.2) is 12.1 Å². The van der Waals surface area contributed by atoms with E-state index in [1.54, 1.807) is 0 Å². The number of hydrogen-bond donors (Lipinski definition) is 0. The van der Waals surface area contributed by atoms with E-state index in [0.29, 0.717) is 5.92 Å². The molecule has 0 aliphatic heterocycles. The van der Waals surface area contributed by atoms with E-state index in [1.807, 2.05) is 0 Å². The normalized spacial score (nSPS) is 24.2. The molecule has 1 aliphatic carbocycles. The van der Waals surface area contributed by atoms with Crippen LogP contribution in [0.2, 0.25) is 5.02 Å². The van der Waals surface area contributed by atoms with Crippen LogP contribution in [0.4, 0.5) is 8.78 Å². The van der Waals surface area contributed by atoms with Crippen LogP contribution in [0.1, 0.15) is 56.9 Å². The van der Waals surface area contributed by atoms with Crippen molar-refractivity contribution in [2.45, 2.75) is 51.4 Å². The summed E-state index contributed by atoms with van der Waals surface area (Å²) in [5.74, 6) is -0.183. The van der Waals surface area contributed by atoms with Crippen LogP contribution in [0.3, 0.4) is 0 Å². The fraction of sp³-hybridized carbons (Fsp3) is 0.600. The van der Waals surface area contributed by atoms with Crippen LogP contribution in [0.25, 0.3) is 0 Å². The van der Waals surface area contributed by atoms with E-state index >= 15 is 0 Å². The largest absolute Gasteiger partial charge is 0.205 e. The zero-order valence-corrected chi connectivity index (χ0v) is 11.4. The van der Waals surface area contributed by atoms with E-state index in [4.69, 9.17) is 11.6 Å². The van der Waals surface area contributed by atoms with E-state index < -0.39 is 16.7 Å².